The summed E-state index contributed by atoms with van der Waals surface area (Å²) in [4.78, 5) is 55.1. The molecule has 0 bridgehead atoms. The SMILES string of the molecule is Cc1ccc2c(c1C)NC(=O)[C@@]21[C@@H]2C(=O)N(c3ccc([N+](=O)[O-])cc3Cl)C(=O)[C@@H]2[C@H]2CCCN21. The van der Waals surface area contributed by atoms with Crippen molar-refractivity contribution in [1.29, 1.82) is 0 Å². The van der Waals surface area contributed by atoms with Crippen molar-refractivity contribution >= 4 is 46.4 Å². The van der Waals surface area contributed by atoms with Crippen molar-refractivity contribution in [2.75, 3.05) is 16.8 Å². The summed E-state index contributed by atoms with van der Waals surface area (Å²) >= 11 is 6.31. The second-order valence-electron chi connectivity index (χ2n) is 9.46. The van der Waals surface area contributed by atoms with E-state index in [9.17, 15) is 24.5 Å². The van der Waals surface area contributed by atoms with E-state index in [1.165, 1.54) is 12.1 Å². The molecule has 6 rings (SSSR count). The maximum atomic E-state index is 14.0. The number of hydrogen-bond acceptors (Lipinski definition) is 6. The van der Waals surface area contributed by atoms with E-state index in [-0.39, 0.29) is 28.3 Å². The quantitative estimate of drug-likeness (QED) is 0.401. The Balaban J connectivity index is 1.54. The maximum Gasteiger partial charge on any atom is 0.271 e. The number of hydrogen-bond donors (Lipinski definition) is 1. The van der Waals surface area contributed by atoms with Gasteiger partial charge in [-0.25, -0.2) is 4.90 Å². The first kappa shape index (κ1) is 21.2. The smallest absolute Gasteiger partial charge is 0.271 e. The molecule has 0 aromatic heterocycles. The summed E-state index contributed by atoms with van der Waals surface area (Å²) in [6.45, 7) is 4.52. The molecule has 4 heterocycles. The van der Waals surface area contributed by atoms with Crippen LogP contribution in [0.25, 0.3) is 0 Å². The molecular formula is C24H21ClN4O5. The van der Waals surface area contributed by atoms with Gasteiger partial charge in [-0.1, -0.05) is 23.7 Å². The lowest BCUT2D eigenvalue weighted by molar-refractivity contribution is -0.384. The van der Waals surface area contributed by atoms with Crippen molar-refractivity contribution in [1.82, 2.24) is 4.90 Å². The number of rotatable bonds is 2. The average molecular weight is 481 g/mol. The fraction of sp³-hybridized carbons (Fsp3) is 0.375. The van der Waals surface area contributed by atoms with Gasteiger partial charge in [0.05, 0.1) is 27.5 Å². The third-order valence-electron chi connectivity index (χ3n) is 8.08. The van der Waals surface area contributed by atoms with E-state index < -0.39 is 34.1 Å². The van der Waals surface area contributed by atoms with Crippen LogP contribution in [0.1, 0.15) is 29.5 Å². The number of imide groups is 1. The summed E-state index contributed by atoms with van der Waals surface area (Å²) < 4.78 is 0. The van der Waals surface area contributed by atoms with Crippen molar-refractivity contribution in [3.8, 4) is 0 Å². The number of benzene rings is 2. The van der Waals surface area contributed by atoms with Crippen LogP contribution in [-0.4, -0.2) is 40.1 Å². The highest BCUT2D eigenvalue weighted by molar-refractivity contribution is 6.36. The first-order valence-corrected chi connectivity index (χ1v) is 11.6. The third-order valence-corrected chi connectivity index (χ3v) is 8.38. The van der Waals surface area contributed by atoms with E-state index in [0.717, 1.165) is 34.1 Å². The van der Waals surface area contributed by atoms with E-state index in [1.807, 2.05) is 26.0 Å². The second kappa shape index (κ2) is 6.86. The summed E-state index contributed by atoms with van der Waals surface area (Å²) in [5.41, 5.74) is 2.01. The zero-order valence-electron chi connectivity index (χ0n) is 18.5. The van der Waals surface area contributed by atoms with Crippen molar-refractivity contribution in [3.63, 3.8) is 0 Å². The number of carbonyl (C=O) groups excluding carboxylic acids is 3. The molecule has 0 saturated carbocycles. The molecular weight excluding hydrogens is 460 g/mol. The number of carbonyl (C=O) groups is 3. The first-order chi connectivity index (χ1) is 16.2. The van der Waals surface area contributed by atoms with Crippen molar-refractivity contribution in [2.45, 2.75) is 38.3 Å². The molecule has 174 valence electrons. The molecule has 3 amide bonds. The van der Waals surface area contributed by atoms with E-state index in [1.54, 1.807) is 0 Å². The summed E-state index contributed by atoms with van der Waals surface area (Å²) in [7, 11) is 0. The predicted molar refractivity (Wildman–Crippen MR) is 124 cm³/mol. The van der Waals surface area contributed by atoms with Gasteiger partial charge in [0.25, 0.3) is 5.69 Å². The van der Waals surface area contributed by atoms with Gasteiger partial charge in [-0.05, 0) is 50.4 Å². The van der Waals surface area contributed by atoms with Crippen LogP contribution in [0.3, 0.4) is 0 Å². The molecule has 9 nitrogen and oxygen atoms in total. The second-order valence-corrected chi connectivity index (χ2v) is 9.87. The normalized spacial score (nSPS) is 29.6. The number of halogens is 1. The zero-order valence-corrected chi connectivity index (χ0v) is 19.3. The van der Waals surface area contributed by atoms with Crippen LogP contribution in [0.5, 0.6) is 0 Å². The van der Waals surface area contributed by atoms with Gasteiger partial charge >= 0.3 is 0 Å². The van der Waals surface area contributed by atoms with Gasteiger partial charge in [0, 0.05) is 29.4 Å². The fourth-order valence-electron chi connectivity index (χ4n) is 6.55. The van der Waals surface area contributed by atoms with Gasteiger partial charge in [-0.2, -0.15) is 0 Å². The van der Waals surface area contributed by atoms with Gasteiger partial charge in [0.1, 0.15) is 5.54 Å². The Hall–Kier alpha value is -3.30. The molecule has 4 atom stereocenters. The van der Waals surface area contributed by atoms with Gasteiger partial charge in [0.2, 0.25) is 17.7 Å². The zero-order chi connectivity index (χ0) is 24.1. The lowest BCUT2D eigenvalue weighted by Gasteiger charge is -2.36. The number of anilines is 2. The summed E-state index contributed by atoms with van der Waals surface area (Å²) in [6, 6.07) is 7.27. The lowest BCUT2D eigenvalue weighted by Crippen LogP contribution is -2.54. The summed E-state index contributed by atoms with van der Waals surface area (Å²) in [5.74, 6) is -2.79. The van der Waals surface area contributed by atoms with Crippen molar-refractivity contribution in [3.05, 3.63) is 62.2 Å². The van der Waals surface area contributed by atoms with Crippen LogP contribution in [0.2, 0.25) is 5.02 Å². The third kappa shape index (κ3) is 2.35. The minimum absolute atomic E-state index is 0.0593. The molecule has 0 radical (unpaired) electrons. The molecule has 0 aliphatic carbocycles. The van der Waals surface area contributed by atoms with E-state index in [2.05, 4.69) is 10.2 Å². The Morgan fingerprint density at radius 3 is 2.62 bits per heavy atom. The molecule has 2 aromatic carbocycles. The van der Waals surface area contributed by atoms with Crippen molar-refractivity contribution in [2.24, 2.45) is 11.8 Å². The molecule has 1 N–H and O–H groups in total. The molecule has 1 spiro atoms. The van der Waals surface area contributed by atoms with Crippen LogP contribution in [0, 0.1) is 35.8 Å². The van der Waals surface area contributed by atoms with E-state index in [0.29, 0.717) is 18.7 Å². The standard InChI is InChI=1S/C24H21ClN4O5/c1-11-5-7-14-20(12(11)2)26-23(32)24(14)19-18(17-4-3-9-27(17)24)21(30)28(22(19)31)16-8-6-13(29(33)34)10-15(16)25/h5-8,10,17-19H,3-4,9H2,1-2H3,(H,26,32)/t17-,18-,19+,24+/m1/s1. The molecule has 4 aliphatic rings. The van der Waals surface area contributed by atoms with Crippen LogP contribution >= 0.6 is 11.6 Å². The van der Waals surface area contributed by atoms with Gasteiger partial charge in [0.15, 0.2) is 0 Å². The molecule has 34 heavy (non-hydrogen) atoms. The first-order valence-electron chi connectivity index (χ1n) is 11.2. The number of nitrogens with zero attached hydrogens (tertiary/aromatic N) is 3. The maximum absolute atomic E-state index is 14.0. The molecule has 3 fully saturated rings. The minimum atomic E-state index is -1.27. The van der Waals surface area contributed by atoms with Crippen LogP contribution in [-0.2, 0) is 19.9 Å². The topological polar surface area (TPSA) is 113 Å². The molecule has 4 aliphatic heterocycles. The number of nitro groups is 1. The average Bonchev–Trinajstić information content (AvgIpc) is 3.50. The minimum Gasteiger partial charge on any atom is -0.324 e. The lowest BCUT2D eigenvalue weighted by atomic mass is 9.75. The Morgan fingerprint density at radius 1 is 1.15 bits per heavy atom. The highest BCUT2D eigenvalue weighted by Gasteiger charge is 2.74. The highest BCUT2D eigenvalue weighted by Crippen LogP contribution is 2.61. The number of aryl methyl sites for hydroxylation is 1. The molecule has 3 saturated heterocycles. The Kier molecular flexibility index (Phi) is 4.29. The van der Waals surface area contributed by atoms with E-state index >= 15 is 0 Å². The van der Waals surface area contributed by atoms with Gasteiger partial charge < -0.3 is 5.32 Å². The Bertz CT molecular complexity index is 1340. The Morgan fingerprint density at radius 2 is 1.91 bits per heavy atom. The van der Waals surface area contributed by atoms with Crippen molar-refractivity contribution < 1.29 is 19.3 Å². The Labute approximate surface area is 199 Å². The molecule has 10 heteroatoms. The number of fused-ring (bicyclic) bond motifs is 7. The summed E-state index contributed by atoms with van der Waals surface area (Å²) in [5, 5.41) is 14.1. The van der Waals surface area contributed by atoms with Crippen LogP contribution < -0.4 is 10.2 Å². The fourth-order valence-corrected chi connectivity index (χ4v) is 6.81. The van der Waals surface area contributed by atoms with Crippen LogP contribution in [0.4, 0.5) is 17.1 Å². The predicted octanol–water partition coefficient (Wildman–Crippen LogP) is 3.30. The largest absolute Gasteiger partial charge is 0.324 e. The summed E-state index contributed by atoms with van der Waals surface area (Å²) in [6.07, 6.45) is 1.53. The van der Waals surface area contributed by atoms with E-state index in [4.69, 9.17) is 11.6 Å². The van der Waals surface area contributed by atoms with Gasteiger partial charge in [-0.3, -0.25) is 29.4 Å². The molecule has 0 unspecified atom stereocenters. The number of non-ortho nitro benzene ring substituents is 1. The molecule has 2 aromatic rings. The van der Waals surface area contributed by atoms with Crippen LogP contribution in [0.15, 0.2) is 30.3 Å². The highest BCUT2D eigenvalue weighted by atomic mass is 35.5. The number of amides is 3. The number of nitro benzene ring substituents is 1. The monoisotopic (exact) mass is 480 g/mol. The van der Waals surface area contributed by atoms with Gasteiger partial charge in [-0.15, -0.1) is 0 Å². The number of nitrogens with one attached hydrogen (secondary N) is 1.